The third-order valence-corrected chi connectivity index (χ3v) is 5.90. The first-order valence-corrected chi connectivity index (χ1v) is 8.06. The second-order valence-corrected chi connectivity index (χ2v) is 6.97. The van der Waals surface area contributed by atoms with Crippen LogP contribution in [0.1, 0.15) is 71.1 Å². The Hall–Kier alpha value is -0.0800. The largest absolute Gasteiger partial charge is 0.392 e. The zero-order valence-electron chi connectivity index (χ0n) is 11.7. The first-order valence-electron chi connectivity index (χ1n) is 8.06. The van der Waals surface area contributed by atoms with Crippen molar-refractivity contribution in [1.29, 1.82) is 0 Å². The van der Waals surface area contributed by atoms with Crippen molar-refractivity contribution in [3.05, 3.63) is 0 Å². The maximum absolute atomic E-state index is 10.2. The van der Waals surface area contributed by atoms with Crippen LogP contribution in [0.2, 0.25) is 0 Å². The molecule has 3 rings (SSSR count). The van der Waals surface area contributed by atoms with E-state index >= 15 is 0 Å². The molecule has 0 aliphatic heterocycles. The second kappa shape index (κ2) is 5.13. The van der Waals surface area contributed by atoms with Crippen LogP contribution in [0.5, 0.6) is 0 Å². The summed E-state index contributed by atoms with van der Waals surface area (Å²) in [5.41, 5.74) is 0.148. The van der Waals surface area contributed by atoms with E-state index in [1.165, 1.54) is 57.8 Å². The summed E-state index contributed by atoms with van der Waals surface area (Å²) in [6.45, 7) is 2.34. The first-order chi connectivity index (χ1) is 8.72. The summed E-state index contributed by atoms with van der Waals surface area (Å²) in [6, 6.07) is 0. The zero-order valence-corrected chi connectivity index (χ0v) is 11.7. The van der Waals surface area contributed by atoms with E-state index < -0.39 is 0 Å². The van der Waals surface area contributed by atoms with Gasteiger partial charge in [-0.1, -0.05) is 39.0 Å². The lowest BCUT2D eigenvalue weighted by Crippen LogP contribution is -2.60. The molecular weight excluding hydrogens is 224 g/mol. The minimum Gasteiger partial charge on any atom is -0.392 e. The number of ether oxygens (including phenoxy) is 1. The van der Waals surface area contributed by atoms with Crippen molar-refractivity contribution in [1.82, 2.24) is 0 Å². The van der Waals surface area contributed by atoms with Crippen molar-refractivity contribution in [2.75, 3.05) is 0 Å². The van der Waals surface area contributed by atoms with Crippen molar-refractivity contribution < 1.29 is 9.84 Å². The monoisotopic (exact) mass is 252 g/mol. The average molecular weight is 252 g/mol. The number of hydrogen-bond acceptors (Lipinski definition) is 2. The van der Waals surface area contributed by atoms with Crippen LogP contribution in [-0.2, 0) is 4.74 Å². The molecule has 0 aromatic carbocycles. The van der Waals surface area contributed by atoms with Crippen LogP contribution >= 0.6 is 0 Å². The van der Waals surface area contributed by atoms with Crippen LogP contribution < -0.4 is 0 Å². The molecule has 0 heterocycles. The Morgan fingerprint density at radius 3 is 2.39 bits per heavy atom. The van der Waals surface area contributed by atoms with Gasteiger partial charge >= 0.3 is 0 Å². The summed E-state index contributed by atoms with van der Waals surface area (Å²) < 4.78 is 6.44. The van der Waals surface area contributed by atoms with Crippen LogP contribution in [0.25, 0.3) is 0 Å². The van der Waals surface area contributed by atoms with Crippen LogP contribution in [0.15, 0.2) is 0 Å². The maximum atomic E-state index is 10.2. The molecule has 4 unspecified atom stereocenters. The number of aliphatic hydroxyl groups is 1. The molecule has 4 atom stereocenters. The summed E-state index contributed by atoms with van der Waals surface area (Å²) in [6.07, 6.45) is 13.2. The molecule has 0 bridgehead atoms. The van der Waals surface area contributed by atoms with Gasteiger partial charge in [-0.25, -0.2) is 0 Å². The molecule has 3 saturated carbocycles. The second-order valence-electron chi connectivity index (χ2n) is 6.97. The van der Waals surface area contributed by atoms with Gasteiger partial charge in [-0.2, -0.15) is 0 Å². The van der Waals surface area contributed by atoms with Crippen molar-refractivity contribution in [2.24, 2.45) is 11.3 Å². The highest BCUT2D eigenvalue weighted by molar-refractivity contribution is 5.05. The summed E-state index contributed by atoms with van der Waals surface area (Å²) in [4.78, 5) is 0. The molecule has 1 spiro atoms. The molecule has 18 heavy (non-hydrogen) atoms. The van der Waals surface area contributed by atoms with E-state index in [1.807, 2.05) is 0 Å². The highest BCUT2D eigenvalue weighted by atomic mass is 16.5. The summed E-state index contributed by atoms with van der Waals surface area (Å²) in [5.74, 6) is 0.720. The predicted octanol–water partition coefficient (Wildman–Crippen LogP) is 3.67. The van der Waals surface area contributed by atoms with Crippen molar-refractivity contribution in [3.8, 4) is 0 Å². The normalized spacial score (nSPS) is 43.7. The van der Waals surface area contributed by atoms with Gasteiger partial charge in [0.05, 0.1) is 18.3 Å². The van der Waals surface area contributed by atoms with Crippen molar-refractivity contribution in [2.45, 2.75) is 89.4 Å². The van der Waals surface area contributed by atoms with Gasteiger partial charge in [0.2, 0.25) is 0 Å². The number of rotatable bonds is 2. The third-order valence-electron chi connectivity index (χ3n) is 5.90. The molecule has 104 valence electrons. The molecule has 2 heteroatoms. The summed E-state index contributed by atoms with van der Waals surface area (Å²) in [7, 11) is 0. The lowest BCUT2D eigenvalue weighted by molar-refractivity contribution is -0.231. The molecule has 0 aromatic rings. The Balaban J connectivity index is 1.62. The van der Waals surface area contributed by atoms with Gasteiger partial charge in [0, 0.05) is 11.8 Å². The zero-order chi connectivity index (χ0) is 12.6. The predicted molar refractivity (Wildman–Crippen MR) is 72.4 cm³/mol. The molecular formula is C16H28O2. The van der Waals surface area contributed by atoms with Gasteiger partial charge in [-0.3, -0.25) is 0 Å². The highest BCUT2D eigenvalue weighted by Gasteiger charge is 2.55. The minimum atomic E-state index is -0.0818. The molecule has 0 saturated heterocycles. The Kier molecular flexibility index (Phi) is 3.68. The van der Waals surface area contributed by atoms with Crippen LogP contribution in [0.3, 0.4) is 0 Å². The topological polar surface area (TPSA) is 29.5 Å². The van der Waals surface area contributed by atoms with Crippen molar-refractivity contribution in [3.63, 3.8) is 0 Å². The Labute approximate surface area is 111 Å². The molecule has 2 nitrogen and oxygen atoms in total. The minimum absolute atomic E-state index is 0.0818. The number of hydrogen-bond donors (Lipinski definition) is 1. The van der Waals surface area contributed by atoms with E-state index in [-0.39, 0.29) is 11.5 Å². The van der Waals surface area contributed by atoms with Crippen LogP contribution in [0, 0.1) is 11.3 Å². The fourth-order valence-electron chi connectivity index (χ4n) is 4.48. The van der Waals surface area contributed by atoms with Crippen LogP contribution in [-0.4, -0.2) is 23.4 Å². The standard InChI is InChI=1S/C16H28O2/c1-12-7-3-4-8-13(12)18-15-11-14(17)16(15)9-5-2-6-10-16/h12-15,17H,2-11H2,1H3. The van der Waals surface area contributed by atoms with Gasteiger partial charge in [-0.05, 0) is 31.6 Å². The molecule has 0 amide bonds. The van der Waals surface area contributed by atoms with E-state index in [2.05, 4.69) is 6.92 Å². The summed E-state index contributed by atoms with van der Waals surface area (Å²) >= 11 is 0. The fourth-order valence-corrected chi connectivity index (χ4v) is 4.48. The molecule has 0 aromatic heterocycles. The molecule has 3 fully saturated rings. The molecule has 0 radical (unpaired) electrons. The van der Waals surface area contributed by atoms with Gasteiger partial charge < -0.3 is 9.84 Å². The lowest BCUT2D eigenvalue weighted by Gasteiger charge is -2.56. The Morgan fingerprint density at radius 1 is 1.00 bits per heavy atom. The van der Waals surface area contributed by atoms with E-state index in [0.29, 0.717) is 12.2 Å². The first kappa shape index (κ1) is 12.9. The summed E-state index contributed by atoms with van der Waals surface area (Å²) in [5, 5.41) is 10.2. The van der Waals surface area contributed by atoms with E-state index in [1.54, 1.807) is 0 Å². The van der Waals surface area contributed by atoms with Gasteiger partial charge in [0.25, 0.3) is 0 Å². The van der Waals surface area contributed by atoms with E-state index in [4.69, 9.17) is 4.74 Å². The highest BCUT2D eigenvalue weighted by Crippen LogP contribution is 2.54. The third kappa shape index (κ3) is 2.12. The Morgan fingerprint density at radius 2 is 1.72 bits per heavy atom. The van der Waals surface area contributed by atoms with Crippen LogP contribution in [0.4, 0.5) is 0 Å². The maximum Gasteiger partial charge on any atom is 0.0684 e. The van der Waals surface area contributed by atoms with E-state index in [0.717, 1.165) is 12.3 Å². The van der Waals surface area contributed by atoms with Gasteiger partial charge in [0.1, 0.15) is 0 Å². The SMILES string of the molecule is CC1CCCCC1OC1CC(O)C12CCCCC2. The molecule has 3 aliphatic rings. The van der Waals surface area contributed by atoms with Crippen molar-refractivity contribution >= 4 is 0 Å². The molecule has 3 aliphatic carbocycles. The smallest absolute Gasteiger partial charge is 0.0684 e. The van der Waals surface area contributed by atoms with Gasteiger partial charge in [-0.15, -0.1) is 0 Å². The molecule has 1 N–H and O–H groups in total. The Bertz CT molecular complexity index is 283. The lowest BCUT2D eigenvalue weighted by atomic mass is 9.56. The average Bonchev–Trinajstić information content (AvgIpc) is 2.41. The fraction of sp³-hybridized carbons (Fsp3) is 1.00. The quantitative estimate of drug-likeness (QED) is 0.812. The number of aliphatic hydroxyl groups excluding tert-OH is 1. The van der Waals surface area contributed by atoms with E-state index in [9.17, 15) is 5.11 Å². The van der Waals surface area contributed by atoms with Gasteiger partial charge in [0.15, 0.2) is 0 Å².